The second kappa shape index (κ2) is 7.74. The highest BCUT2D eigenvalue weighted by Gasteiger charge is 2.26. The molecule has 4 nitrogen and oxygen atoms in total. The second-order valence-corrected chi connectivity index (χ2v) is 8.03. The third kappa shape index (κ3) is 7.58. The largest absolute Gasteiger partial charge is 0.380 e. The molecule has 0 spiro atoms. The molecule has 20 heavy (non-hydrogen) atoms. The molecule has 2 aliphatic heterocycles. The maximum atomic E-state index is 5.66. The lowest BCUT2D eigenvalue weighted by Gasteiger charge is -2.34. The smallest absolute Gasteiger partial charge is 0.0529 e. The number of nitrogens with zero attached hydrogens (tertiary/aromatic N) is 2. The topological polar surface area (TPSA) is 27.7 Å². The minimum absolute atomic E-state index is 0.288. The summed E-state index contributed by atoms with van der Waals surface area (Å²) in [6, 6.07) is 0. The van der Waals surface area contributed by atoms with Gasteiger partial charge in [0, 0.05) is 50.1 Å². The number of ether oxygens (including phenoxy) is 1. The van der Waals surface area contributed by atoms with E-state index in [0.29, 0.717) is 0 Å². The van der Waals surface area contributed by atoms with Crippen LogP contribution in [0.25, 0.3) is 0 Å². The number of likely N-dealkylation sites (N-methyl/N-ethyl adjacent to an activating group) is 2. The normalized spacial score (nSPS) is 27.9. The molecule has 0 aliphatic carbocycles. The highest BCUT2D eigenvalue weighted by atomic mass is 16.5. The van der Waals surface area contributed by atoms with Gasteiger partial charge in [0.1, 0.15) is 0 Å². The van der Waals surface area contributed by atoms with Crippen LogP contribution in [0.2, 0.25) is 0 Å². The zero-order chi connectivity index (χ0) is 15.2. The first-order valence-electron chi connectivity index (χ1n) is 7.86. The molecule has 4 heteroatoms. The fraction of sp³-hybridized carbons (Fsp3) is 1.00. The highest BCUT2D eigenvalue weighted by Crippen LogP contribution is 2.21. The predicted octanol–water partition coefficient (Wildman–Crippen LogP) is 1.52. The van der Waals surface area contributed by atoms with E-state index in [4.69, 9.17) is 4.74 Å². The average Bonchev–Trinajstić information content (AvgIpc) is 2.31. The summed E-state index contributed by atoms with van der Waals surface area (Å²) in [5, 5.41) is 3.49. The summed E-state index contributed by atoms with van der Waals surface area (Å²) >= 11 is 0. The maximum Gasteiger partial charge on any atom is 0.0529 e. The molecule has 120 valence electrons. The van der Waals surface area contributed by atoms with Gasteiger partial charge in [-0.3, -0.25) is 0 Å². The Hall–Kier alpha value is -0.160. The van der Waals surface area contributed by atoms with E-state index in [1.165, 1.54) is 26.2 Å². The van der Waals surface area contributed by atoms with Gasteiger partial charge in [0.2, 0.25) is 0 Å². The molecule has 0 radical (unpaired) electrons. The van der Waals surface area contributed by atoms with Crippen molar-refractivity contribution < 1.29 is 4.74 Å². The third-order valence-electron chi connectivity index (χ3n) is 3.92. The minimum Gasteiger partial charge on any atom is -0.380 e. The Morgan fingerprint density at radius 2 is 1.10 bits per heavy atom. The van der Waals surface area contributed by atoms with Crippen molar-refractivity contribution in [2.45, 2.75) is 27.7 Å². The zero-order valence-electron chi connectivity index (χ0n) is 14.5. The molecule has 2 saturated heterocycles. The van der Waals surface area contributed by atoms with Crippen molar-refractivity contribution in [2.75, 3.05) is 66.6 Å². The Balaban J connectivity index is 0.000000217. The molecule has 0 aromatic rings. The molecule has 2 heterocycles. The molecule has 0 aromatic heterocycles. The summed E-state index contributed by atoms with van der Waals surface area (Å²) < 4.78 is 5.66. The molecule has 1 N–H and O–H groups in total. The molecule has 0 amide bonds. The lowest BCUT2D eigenvalue weighted by molar-refractivity contribution is -0.00122. The maximum absolute atomic E-state index is 5.66. The van der Waals surface area contributed by atoms with Crippen molar-refractivity contribution >= 4 is 0 Å². The molecule has 0 bridgehead atoms. The SMILES string of the molecule is CC1(C)CNCC(C)(C)COC1.CN1CCN(C)CC1. The Morgan fingerprint density at radius 3 is 1.45 bits per heavy atom. The molecule has 0 atom stereocenters. The second-order valence-electron chi connectivity index (χ2n) is 8.03. The van der Waals surface area contributed by atoms with Gasteiger partial charge >= 0.3 is 0 Å². The van der Waals surface area contributed by atoms with Crippen LogP contribution in [0.5, 0.6) is 0 Å². The molecular weight excluding hydrogens is 250 g/mol. The molecule has 0 aromatic carbocycles. The van der Waals surface area contributed by atoms with E-state index in [0.717, 1.165) is 26.3 Å². The number of nitrogens with one attached hydrogen (secondary N) is 1. The van der Waals surface area contributed by atoms with Crippen molar-refractivity contribution in [1.82, 2.24) is 15.1 Å². The first-order valence-corrected chi connectivity index (χ1v) is 7.86. The van der Waals surface area contributed by atoms with Gasteiger partial charge in [-0.2, -0.15) is 0 Å². The van der Waals surface area contributed by atoms with Gasteiger partial charge in [0.15, 0.2) is 0 Å². The first-order chi connectivity index (χ1) is 9.20. The van der Waals surface area contributed by atoms with E-state index in [-0.39, 0.29) is 10.8 Å². The molecular formula is C16H35N3O. The number of hydrogen-bond donors (Lipinski definition) is 1. The Morgan fingerprint density at radius 1 is 0.750 bits per heavy atom. The van der Waals surface area contributed by atoms with E-state index in [1.807, 2.05) is 0 Å². The van der Waals surface area contributed by atoms with Crippen LogP contribution in [-0.2, 0) is 4.74 Å². The van der Waals surface area contributed by atoms with E-state index in [9.17, 15) is 0 Å². The van der Waals surface area contributed by atoms with Crippen LogP contribution < -0.4 is 5.32 Å². The van der Waals surface area contributed by atoms with Crippen LogP contribution in [0, 0.1) is 10.8 Å². The van der Waals surface area contributed by atoms with Gasteiger partial charge in [-0.1, -0.05) is 27.7 Å². The van der Waals surface area contributed by atoms with Crippen LogP contribution in [0.4, 0.5) is 0 Å². The van der Waals surface area contributed by atoms with Crippen LogP contribution in [0.3, 0.4) is 0 Å². The summed E-state index contributed by atoms with van der Waals surface area (Å²) in [5.74, 6) is 0. The predicted molar refractivity (Wildman–Crippen MR) is 86.2 cm³/mol. The lowest BCUT2D eigenvalue weighted by Crippen LogP contribution is -2.43. The first kappa shape index (κ1) is 17.9. The van der Waals surface area contributed by atoms with Gasteiger partial charge < -0.3 is 19.9 Å². The van der Waals surface area contributed by atoms with Gasteiger partial charge in [-0.25, -0.2) is 0 Å². The van der Waals surface area contributed by atoms with Crippen LogP contribution in [0.15, 0.2) is 0 Å². The Bertz CT molecular complexity index is 231. The summed E-state index contributed by atoms with van der Waals surface area (Å²) in [6.45, 7) is 17.7. The number of piperazine rings is 1. The molecule has 2 rings (SSSR count). The average molecular weight is 285 g/mol. The third-order valence-corrected chi connectivity index (χ3v) is 3.92. The minimum atomic E-state index is 0.288. The van der Waals surface area contributed by atoms with Crippen LogP contribution >= 0.6 is 0 Å². The van der Waals surface area contributed by atoms with Crippen molar-refractivity contribution in [2.24, 2.45) is 10.8 Å². The van der Waals surface area contributed by atoms with Crippen molar-refractivity contribution in [3.8, 4) is 0 Å². The summed E-state index contributed by atoms with van der Waals surface area (Å²) in [6.07, 6.45) is 0. The standard InChI is InChI=1S/C10H21NO.C6H14N2/c1-9(2)5-11-6-10(3,4)8-12-7-9;1-7-3-5-8(2)6-4-7/h11H,5-8H2,1-4H3;3-6H2,1-2H3. The van der Waals surface area contributed by atoms with E-state index < -0.39 is 0 Å². The van der Waals surface area contributed by atoms with Crippen LogP contribution in [-0.4, -0.2) is 76.4 Å². The fourth-order valence-electron chi connectivity index (χ4n) is 2.35. The van der Waals surface area contributed by atoms with Gasteiger partial charge in [-0.15, -0.1) is 0 Å². The molecule has 2 fully saturated rings. The van der Waals surface area contributed by atoms with Gasteiger partial charge in [-0.05, 0) is 14.1 Å². The van der Waals surface area contributed by atoms with Crippen molar-refractivity contribution in [3.63, 3.8) is 0 Å². The van der Waals surface area contributed by atoms with Crippen molar-refractivity contribution in [3.05, 3.63) is 0 Å². The van der Waals surface area contributed by atoms with Crippen LogP contribution in [0.1, 0.15) is 27.7 Å². The number of rotatable bonds is 0. The van der Waals surface area contributed by atoms with E-state index in [1.54, 1.807) is 0 Å². The van der Waals surface area contributed by atoms with E-state index in [2.05, 4.69) is 56.9 Å². The number of hydrogen-bond acceptors (Lipinski definition) is 4. The lowest BCUT2D eigenvalue weighted by atomic mass is 9.90. The summed E-state index contributed by atoms with van der Waals surface area (Å²) in [5.41, 5.74) is 0.576. The molecule has 0 unspecified atom stereocenters. The van der Waals surface area contributed by atoms with E-state index >= 15 is 0 Å². The fourth-order valence-corrected chi connectivity index (χ4v) is 2.35. The molecule has 2 aliphatic rings. The van der Waals surface area contributed by atoms with Gasteiger partial charge in [0.05, 0.1) is 13.2 Å². The quantitative estimate of drug-likeness (QED) is 0.730. The zero-order valence-corrected chi connectivity index (χ0v) is 14.5. The Kier molecular flexibility index (Phi) is 6.92. The molecule has 0 saturated carbocycles. The monoisotopic (exact) mass is 285 g/mol. The van der Waals surface area contributed by atoms with Gasteiger partial charge in [0.25, 0.3) is 0 Å². The van der Waals surface area contributed by atoms with Crippen molar-refractivity contribution in [1.29, 1.82) is 0 Å². The summed E-state index contributed by atoms with van der Waals surface area (Å²) in [4.78, 5) is 4.72. The highest BCUT2D eigenvalue weighted by molar-refractivity contribution is 4.79. The Labute approximate surface area is 125 Å². The summed E-state index contributed by atoms with van der Waals surface area (Å²) in [7, 11) is 4.35.